The van der Waals surface area contributed by atoms with E-state index in [1.165, 1.54) is 0 Å². The summed E-state index contributed by atoms with van der Waals surface area (Å²) in [5.41, 5.74) is 3.82. The molecule has 1 N–H and O–H groups in total. The highest BCUT2D eigenvalue weighted by molar-refractivity contribution is 5.99. The molecule has 1 amide bonds. The molecule has 2 aromatic carbocycles. The van der Waals surface area contributed by atoms with E-state index in [1.807, 2.05) is 18.2 Å². The monoisotopic (exact) mass is 440 g/mol. The number of benzene rings is 2. The second-order valence-electron chi connectivity index (χ2n) is 7.77. The SMILES string of the molecule is COc1ccc(CC(=O)Nc2cc3c(cc2N2CCOCC2)n(C)c(=O)n3C)cc1OC. The average molecular weight is 441 g/mol. The van der Waals surface area contributed by atoms with Crippen molar-refractivity contribution in [3.8, 4) is 11.5 Å². The van der Waals surface area contributed by atoms with Crippen molar-refractivity contribution in [2.24, 2.45) is 14.1 Å². The molecule has 1 aliphatic rings. The Bertz CT molecular complexity index is 1210. The zero-order chi connectivity index (χ0) is 22.8. The molecule has 32 heavy (non-hydrogen) atoms. The van der Waals surface area contributed by atoms with Gasteiger partial charge in [0.1, 0.15) is 0 Å². The van der Waals surface area contributed by atoms with Gasteiger partial charge in [0, 0.05) is 27.2 Å². The number of hydrogen-bond acceptors (Lipinski definition) is 6. The molecule has 0 radical (unpaired) electrons. The van der Waals surface area contributed by atoms with Gasteiger partial charge in [-0.3, -0.25) is 13.9 Å². The van der Waals surface area contributed by atoms with Gasteiger partial charge >= 0.3 is 5.69 Å². The lowest BCUT2D eigenvalue weighted by molar-refractivity contribution is -0.115. The molecule has 9 nitrogen and oxygen atoms in total. The van der Waals surface area contributed by atoms with Crippen molar-refractivity contribution in [1.29, 1.82) is 0 Å². The number of anilines is 2. The summed E-state index contributed by atoms with van der Waals surface area (Å²) in [6.45, 7) is 2.66. The number of nitrogens with zero attached hydrogens (tertiary/aromatic N) is 3. The first-order valence-corrected chi connectivity index (χ1v) is 10.5. The van der Waals surface area contributed by atoms with Crippen LogP contribution in [0.2, 0.25) is 0 Å². The molecule has 4 rings (SSSR count). The van der Waals surface area contributed by atoms with Gasteiger partial charge in [0.25, 0.3) is 0 Å². The molecule has 9 heteroatoms. The summed E-state index contributed by atoms with van der Waals surface area (Å²) < 4.78 is 19.3. The van der Waals surface area contributed by atoms with Crippen LogP contribution in [0.5, 0.6) is 11.5 Å². The van der Waals surface area contributed by atoms with E-state index in [2.05, 4.69) is 10.2 Å². The molecule has 1 aromatic heterocycles. The summed E-state index contributed by atoms with van der Waals surface area (Å²) in [5.74, 6) is 1.03. The Morgan fingerprint density at radius 2 is 1.66 bits per heavy atom. The Labute approximate surface area is 186 Å². The molecular weight excluding hydrogens is 412 g/mol. The molecule has 3 aromatic rings. The Balaban J connectivity index is 1.67. The van der Waals surface area contributed by atoms with Crippen molar-refractivity contribution in [3.63, 3.8) is 0 Å². The van der Waals surface area contributed by atoms with Crippen molar-refractivity contribution < 1.29 is 19.0 Å². The van der Waals surface area contributed by atoms with Gasteiger partial charge in [-0.05, 0) is 29.8 Å². The minimum Gasteiger partial charge on any atom is -0.493 e. The number of carbonyl (C=O) groups excluding carboxylic acids is 1. The van der Waals surface area contributed by atoms with Gasteiger partial charge < -0.3 is 24.4 Å². The van der Waals surface area contributed by atoms with Crippen LogP contribution in [0.15, 0.2) is 35.1 Å². The number of amides is 1. The van der Waals surface area contributed by atoms with Gasteiger partial charge in [-0.15, -0.1) is 0 Å². The second kappa shape index (κ2) is 8.96. The molecular formula is C23H28N4O5. The van der Waals surface area contributed by atoms with Crippen molar-refractivity contribution in [3.05, 3.63) is 46.4 Å². The topological polar surface area (TPSA) is 87.0 Å². The lowest BCUT2D eigenvalue weighted by atomic mass is 10.1. The molecule has 2 heterocycles. The summed E-state index contributed by atoms with van der Waals surface area (Å²) in [7, 11) is 6.62. The highest BCUT2D eigenvalue weighted by Gasteiger charge is 2.20. The maximum Gasteiger partial charge on any atom is 0.328 e. The first-order chi connectivity index (χ1) is 15.4. The molecule has 1 saturated heterocycles. The highest BCUT2D eigenvalue weighted by atomic mass is 16.5. The van der Waals surface area contributed by atoms with Crippen LogP contribution in [0.3, 0.4) is 0 Å². The lowest BCUT2D eigenvalue weighted by Crippen LogP contribution is -2.36. The molecule has 1 fully saturated rings. The maximum absolute atomic E-state index is 13.0. The Morgan fingerprint density at radius 3 is 2.31 bits per heavy atom. The summed E-state index contributed by atoms with van der Waals surface area (Å²) in [6, 6.07) is 9.26. The Kier molecular flexibility index (Phi) is 6.09. The molecule has 0 spiro atoms. The number of aryl methyl sites for hydroxylation is 2. The number of morpholine rings is 1. The Hall–Kier alpha value is -3.46. The number of fused-ring (bicyclic) bond motifs is 1. The van der Waals surface area contributed by atoms with E-state index in [0.29, 0.717) is 43.5 Å². The van der Waals surface area contributed by atoms with Gasteiger partial charge in [0.05, 0.1) is 56.3 Å². The van der Waals surface area contributed by atoms with E-state index in [1.54, 1.807) is 49.6 Å². The molecule has 170 valence electrons. The number of methoxy groups -OCH3 is 2. The summed E-state index contributed by atoms with van der Waals surface area (Å²) in [5, 5.41) is 3.05. The molecule has 0 atom stereocenters. The number of carbonyl (C=O) groups is 1. The van der Waals surface area contributed by atoms with Crippen LogP contribution in [-0.4, -0.2) is 55.6 Å². The number of aromatic nitrogens is 2. The fraction of sp³-hybridized carbons (Fsp3) is 0.391. The number of hydrogen-bond donors (Lipinski definition) is 1. The summed E-state index contributed by atoms with van der Waals surface area (Å²) in [4.78, 5) is 27.6. The predicted molar refractivity (Wildman–Crippen MR) is 123 cm³/mol. The fourth-order valence-corrected chi connectivity index (χ4v) is 4.07. The zero-order valence-corrected chi connectivity index (χ0v) is 18.8. The molecule has 0 unspecified atom stereocenters. The van der Waals surface area contributed by atoms with Crippen LogP contribution in [-0.2, 0) is 30.0 Å². The maximum atomic E-state index is 13.0. The molecule has 0 saturated carbocycles. The van der Waals surface area contributed by atoms with E-state index in [4.69, 9.17) is 14.2 Å². The molecule has 0 bridgehead atoms. The third-order valence-corrected chi connectivity index (χ3v) is 5.83. The summed E-state index contributed by atoms with van der Waals surface area (Å²) >= 11 is 0. The van der Waals surface area contributed by atoms with Gasteiger partial charge in [0.2, 0.25) is 5.91 Å². The quantitative estimate of drug-likeness (QED) is 0.630. The highest BCUT2D eigenvalue weighted by Crippen LogP contribution is 2.32. The van der Waals surface area contributed by atoms with Crippen LogP contribution >= 0.6 is 0 Å². The van der Waals surface area contributed by atoms with E-state index in [-0.39, 0.29) is 18.0 Å². The first-order valence-electron chi connectivity index (χ1n) is 10.5. The van der Waals surface area contributed by atoms with Crippen LogP contribution < -0.4 is 25.4 Å². The van der Waals surface area contributed by atoms with E-state index in [0.717, 1.165) is 22.3 Å². The predicted octanol–water partition coefficient (Wildman–Crippen LogP) is 1.91. The van der Waals surface area contributed by atoms with Gasteiger partial charge in [-0.25, -0.2) is 4.79 Å². The summed E-state index contributed by atoms with van der Waals surface area (Å²) in [6.07, 6.45) is 0.175. The molecule has 1 aliphatic heterocycles. The second-order valence-corrected chi connectivity index (χ2v) is 7.77. The van der Waals surface area contributed by atoms with Gasteiger partial charge in [-0.1, -0.05) is 6.07 Å². The minimum absolute atomic E-state index is 0.110. The van der Waals surface area contributed by atoms with Crippen LogP contribution in [0.25, 0.3) is 11.0 Å². The van der Waals surface area contributed by atoms with Gasteiger partial charge in [-0.2, -0.15) is 0 Å². The van der Waals surface area contributed by atoms with E-state index < -0.39 is 0 Å². The van der Waals surface area contributed by atoms with Crippen LogP contribution in [0.1, 0.15) is 5.56 Å². The average Bonchev–Trinajstić information content (AvgIpc) is 3.02. The molecule has 0 aliphatic carbocycles. The third-order valence-electron chi connectivity index (χ3n) is 5.83. The number of imidazole rings is 1. The number of nitrogens with one attached hydrogen (secondary N) is 1. The van der Waals surface area contributed by atoms with Crippen LogP contribution in [0, 0.1) is 0 Å². The lowest BCUT2D eigenvalue weighted by Gasteiger charge is -2.30. The largest absolute Gasteiger partial charge is 0.493 e. The zero-order valence-electron chi connectivity index (χ0n) is 18.8. The third kappa shape index (κ3) is 4.03. The smallest absolute Gasteiger partial charge is 0.328 e. The number of ether oxygens (including phenoxy) is 3. The van der Waals surface area contributed by atoms with Crippen molar-refractivity contribution >= 4 is 28.3 Å². The Morgan fingerprint density at radius 1 is 1.00 bits per heavy atom. The first kappa shape index (κ1) is 21.8. The van der Waals surface area contributed by atoms with E-state index >= 15 is 0 Å². The van der Waals surface area contributed by atoms with E-state index in [9.17, 15) is 9.59 Å². The fourth-order valence-electron chi connectivity index (χ4n) is 4.07. The standard InChI is InChI=1S/C23H28N4O5/c1-25-18-13-16(24-22(28)12-15-5-6-20(30-3)21(11-15)31-4)17(27-7-9-32-10-8-27)14-19(18)26(2)23(25)29/h5-6,11,13-14H,7-10,12H2,1-4H3,(H,24,28). The van der Waals surface area contributed by atoms with Crippen LogP contribution in [0.4, 0.5) is 11.4 Å². The van der Waals surface area contributed by atoms with Crippen molar-refractivity contribution in [2.45, 2.75) is 6.42 Å². The van der Waals surface area contributed by atoms with Crippen molar-refractivity contribution in [2.75, 3.05) is 50.7 Å². The normalized spacial score (nSPS) is 13.9. The minimum atomic E-state index is -0.160. The number of rotatable bonds is 6. The van der Waals surface area contributed by atoms with Crippen molar-refractivity contribution in [1.82, 2.24) is 9.13 Å². The van der Waals surface area contributed by atoms with Gasteiger partial charge in [0.15, 0.2) is 11.5 Å².